The Labute approximate surface area is 184 Å². The van der Waals surface area contributed by atoms with Gasteiger partial charge in [0, 0.05) is 29.3 Å². The molecule has 0 amide bonds. The summed E-state index contributed by atoms with van der Waals surface area (Å²) in [6.45, 7) is 1.85. The summed E-state index contributed by atoms with van der Waals surface area (Å²) >= 11 is 3.11. The molecule has 0 radical (unpaired) electrons. The predicted octanol–water partition coefficient (Wildman–Crippen LogP) is 5.90. The summed E-state index contributed by atoms with van der Waals surface area (Å²) in [7, 11) is 0. The van der Waals surface area contributed by atoms with Gasteiger partial charge in [-0.15, -0.1) is 0 Å². The van der Waals surface area contributed by atoms with Crippen molar-refractivity contribution in [3.63, 3.8) is 0 Å². The summed E-state index contributed by atoms with van der Waals surface area (Å²) in [6.07, 6.45) is 1.35. The van der Waals surface area contributed by atoms with E-state index in [1.165, 1.54) is 18.3 Å². The number of phenolic OH excluding ortho intramolecular Hbond substituents is 1. The second kappa shape index (κ2) is 8.16. The molecule has 0 aliphatic carbocycles. The molecule has 7 nitrogen and oxygen atoms in total. The van der Waals surface area contributed by atoms with Gasteiger partial charge >= 0.3 is 5.63 Å². The Morgan fingerprint density at radius 3 is 2.61 bits per heavy atom. The van der Waals surface area contributed by atoms with Crippen LogP contribution in [-0.4, -0.2) is 16.2 Å². The lowest BCUT2D eigenvalue weighted by molar-refractivity contribution is -0.385. The second-order valence-electron chi connectivity index (χ2n) is 6.87. The molecule has 0 fully saturated rings. The van der Waals surface area contributed by atoms with Crippen LogP contribution in [0.15, 0.2) is 79.3 Å². The Balaban J connectivity index is 1.70. The van der Waals surface area contributed by atoms with Gasteiger partial charge in [-0.1, -0.05) is 24.3 Å². The molecule has 4 rings (SSSR count). The minimum Gasteiger partial charge on any atom is -0.506 e. The normalized spacial score (nSPS) is 11.3. The molecule has 31 heavy (non-hydrogen) atoms. The fraction of sp³-hybridized carbons (Fsp3) is 0.0435. The van der Waals surface area contributed by atoms with Crippen molar-refractivity contribution in [3.8, 4) is 16.9 Å². The maximum Gasteiger partial charge on any atom is 0.344 e. The van der Waals surface area contributed by atoms with Crippen LogP contribution in [0.3, 0.4) is 0 Å². The third-order valence-electron chi connectivity index (χ3n) is 4.78. The number of aromatic hydroxyl groups is 1. The van der Waals surface area contributed by atoms with Gasteiger partial charge in [0.2, 0.25) is 0 Å². The number of nitro groups is 1. The number of nitrogens with zero attached hydrogens (tertiary/aromatic N) is 2. The van der Waals surface area contributed by atoms with E-state index >= 15 is 0 Å². The van der Waals surface area contributed by atoms with E-state index in [4.69, 9.17) is 4.42 Å². The van der Waals surface area contributed by atoms with Crippen LogP contribution >= 0.6 is 15.9 Å². The second-order valence-corrected chi connectivity index (χ2v) is 7.72. The zero-order valence-corrected chi connectivity index (χ0v) is 17.8. The summed E-state index contributed by atoms with van der Waals surface area (Å²) in [4.78, 5) is 27.3. The first-order valence-corrected chi connectivity index (χ1v) is 9.97. The molecular weight excluding hydrogens is 464 g/mol. The van der Waals surface area contributed by atoms with Crippen LogP contribution in [0.4, 0.5) is 11.4 Å². The first-order chi connectivity index (χ1) is 14.8. The number of phenols is 1. The average molecular weight is 479 g/mol. The van der Waals surface area contributed by atoms with Crippen LogP contribution in [0.2, 0.25) is 0 Å². The number of nitro benzene ring substituents is 1. The van der Waals surface area contributed by atoms with Crippen LogP contribution < -0.4 is 5.63 Å². The number of hydrogen-bond donors (Lipinski definition) is 1. The average Bonchev–Trinajstić information content (AvgIpc) is 2.74. The van der Waals surface area contributed by atoms with Gasteiger partial charge in [0.1, 0.15) is 11.3 Å². The summed E-state index contributed by atoms with van der Waals surface area (Å²) < 4.78 is 5.63. The molecule has 1 aromatic heterocycles. The highest BCUT2D eigenvalue weighted by Crippen LogP contribution is 2.32. The maximum absolute atomic E-state index is 12.5. The molecule has 154 valence electrons. The molecule has 0 aliphatic heterocycles. The molecule has 1 N–H and O–H groups in total. The first kappa shape index (κ1) is 20.5. The lowest BCUT2D eigenvalue weighted by atomic mass is 10.0. The van der Waals surface area contributed by atoms with Crippen molar-refractivity contribution in [2.45, 2.75) is 6.92 Å². The molecule has 0 atom stereocenters. The van der Waals surface area contributed by atoms with E-state index in [2.05, 4.69) is 20.9 Å². The SMILES string of the molecule is Cc1cc(N=Cc2cc([N+](=O)[O-])cc(Br)c2O)ccc1-c1cc2ccccc2oc1=O. The largest absolute Gasteiger partial charge is 0.506 e. The number of aliphatic imine (C=N–C) groups is 1. The summed E-state index contributed by atoms with van der Waals surface area (Å²) in [6, 6.07) is 16.8. The van der Waals surface area contributed by atoms with Gasteiger partial charge in [-0.25, -0.2) is 4.79 Å². The highest BCUT2D eigenvalue weighted by molar-refractivity contribution is 9.10. The first-order valence-electron chi connectivity index (χ1n) is 9.18. The van der Waals surface area contributed by atoms with E-state index in [1.54, 1.807) is 36.4 Å². The molecule has 0 saturated heterocycles. The van der Waals surface area contributed by atoms with Gasteiger partial charge in [0.25, 0.3) is 5.69 Å². The number of hydrogen-bond acceptors (Lipinski definition) is 6. The number of aryl methyl sites for hydroxylation is 1. The quantitative estimate of drug-likeness (QED) is 0.170. The van der Waals surface area contributed by atoms with Gasteiger partial charge in [-0.3, -0.25) is 15.1 Å². The fourth-order valence-electron chi connectivity index (χ4n) is 3.23. The Kier molecular flexibility index (Phi) is 5.39. The number of para-hydroxylation sites is 1. The molecule has 0 saturated carbocycles. The van der Waals surface area contributed by atoms with E-state index in [0.29, 0.717) is 16.8 Å². The van der Waals surface area contributed by atoms with Crippen molar-refractivity contribution < 1.29 is 14.4 Å². The Morgan fingerprint density at radius 2 is 1.87 bits per heavy atom. The van der Waals surface area contributed by atoms with Gasteiger partial charge in [0.15, 0.2) is 0 Å². The van der Waals surface area contributed by atoms with Gasteiger partial charge < -0.3 is 9.52 Å². The number of rotatable bonds is 4. The third-order valence-corrected chi connectivity index (χ3v) is 5.39. The summed E-state index contributed by atoms with van der Waals surface area (Å²) in [5, 5.41) is 22.0. The standard InChI is InChI=1S/C23H15BrN2O5/c1-13-8-16(25-12-15-9-17(26(29)30)11-20(24)22(15)27)6-7-18(13)19-10-14-4-2-3-5-21(14)31-23(19)28/h2-12,27H,1H3. The smallest absolute Gasteiger partial charge is 0.344 e. The number of fused-ring (bicyclic) bond motifs is 1. The number of benzene rings is 3. The predicted molar refractivity (Wildman–Crippen MR) is 122 cm³/mol. The zero-order chi connectivity index (χ0) is 22.1. The zero-order valence-electron chi connectivity index (χ0n) is 16.2. The van der Waals surface area contributed by atoms with Crippen molar-refractivity contribution in [2.75, 3.05) is 0 Å². The Morgan fingerprint density at radius 1 is 1.10 bits per heavy atom. The third kappa shape index (κ3) is 4.10. The van der Waals surface area contributed by atoms with Crippen LogP contribution in [0.1, 0.15) is 11.1 Å². The van der Waals surface area contributed by atoms with Crippen molar-refractivity contribution in [1.29, 1.82) is 0 Å². The molecular formula is C23H15BrN2O5. The lowest BCUT2D eigenvalue weighted by Gasteiger charge is -2.07. The highest BCUT2D eigenvalue weighted by Gasteiger charge is 2.14. The van der Waals surface area contributed by atoms with Gasteiger partial charge in [-0.05, 0) is 58.2 Å². The van der Waals surface area contributed by atoms with Crippen LogP contribution in [0, 0.1) is 17.0 Å². The Hall–Kier alpha value is -3.78. The lowest BCUT2D eigenvalue weighted by Crippen LogP contribution is -2.03. The van der Waals surface area contributed by atoms with Crippen molar-refractivity contribution in [3.05, 3.63) is 96.8 Å². The van der Waals surface area contributed by atoms with E-state index < -0.39 is 10.5 Å². The fourth-order valence-corrected chi connectivity index (χ4v) is 3.70. The molecule has 0 spiro atoms. The summed E-state index contributed by atoms with van der Waals surface area (Å²) in [5.74, 6) is -0.142. The van der Waals surface area contributed by atoms with E-state index in [0.717, 1.165) is 16.5 Å². The Bertz CT molecular complexity index is 1430. The van der Waals surface area contributed by atoms with E-state index in [1.807, 2.05) is 19.1 Å². The molecule has 1 heterocycles. The van der Waals surface area contributed by atoms with E-state index in [9.17, 15) is 20.0 Å². The van der Waals surface area contributed by atoms with Crippen LogP contribution in [0.25, 0.3) is 22.1 Å². The minimum atomic E-state index is -0.546. The van der Waals surface area contributed by atoms with Crippen LogP contribution in [-0.2, 0) is 0 Å². The molecule has 0 bridgehead atoms. The van der Waals surface area contributed by atoms with Gasteiger partial charge in [0.05, 0.1) is 20.6 Å². The van der Waals surface area contributed by atoms with Crippen LogP contribution in [0.5, 0.6) is 5.75 Å². The number of non-ortho nitro benzene ring substituents is 1. The van der Waals surface area contributed by atoms with Crippen molar-refractivity contribution in [1.82, 2.24) is 0 Å². The molecule has 8 heteroatoms. The van der Waals surface area contributed by atoms with Gasteiger partial charge in [-0.2, -0.15) is 0 Å². The van der Waals surface area contributed by atoms with Crippen molar-refractivity contribution in [2.24, 2.45) is 4.99 Å². The monoisotopic (exact) mass is 478 g/mol. The molecule has 3 aromatic carbocycles. The van der Waals surface area contributed by atoms with Crippen molar-refractivity contribution >= 4 is 44.5 Å². The topological polar surface area (TPSA) is 106 Å². The molecule has 4 aromatic rings. The highest BCUT2D eigenvalue weighted by atomic mass is 79.9. The minimum absolute atomic E-state index is 0.142. The number of halogens is 1. The van der Waals surface area contributed by atoms with E-state index in [-0.39, 0.29) is 21.5 Å². The molecule has 0 aliphatic rings. The molecule has 0 unspecified atom stereocenters. The maximum atomic E-state index is 12.5. The summed E-state index contributed by atoms with van der Waals surface area (Å²) in [5.41, 5.74) is 2.68.